The Kier molecular flexibility index (Phi) is 9.99. The van der Waals surface area contributed by atoms with E-state index in [4.69, 9.17) is 14.6 Å². The third-order valence-corrected chi connectivity index (χ3v) is 3.03. The molecule has 0 aliphatic rings. The molecule has 0 aromatic carbocycles. The van der Waals surface area contributed by atoms with Crippen LogP contribution in [0.25, 0.3) is 0 Å². The van der Waals surface area contributed by atoms with Crippen LogP contribution in [-0.4, -0.2) is 61.4 Å². The van der Waals surface area contributed by atoms with Crippen LogP contribution in [0.15, 0.2) is 0 Å². The van der Waals surface area contributed by atoms with Gasteiger partial charge in [0.2, 0.25) is 5.91 Å². The molecule has 0 aromatic rings. The summed E-state index contributed by atoms with van der Waals surface area (Å²) in [7, 11) is 0. The van der Waals surface area contributed by atoms with Crippen LogP contribution in [-0.2, 0) is 19.1 Å². The minimum Gasteiger partial charge on any atom is -0.481 e. The van der Waals surface area contributed by atoms with Crippen molar-refractivity contribution < 1.29 is 24.2 Å². The van der Waals surface area contributed by atoms with Gasteiger partial charge in [0.15, 0.2) is 0 Å². The van der Waals surface area contributed by atoms with Gasteiger partial charge in [0.05, 0.1) is 19.6 Å². The number of hydrogen-bond acceptors (Lipinski definition) is 4. The third-order valence-electron chi connectivity index (χ3n) is 3.03. The van der Waals surface area contributed by atoms with Crippen molar-refractivity contribution in [2.75, 3.05) is 39.5 Å². The number of hydrogen-bond donors (Lipinski definition) is 1. The monoisotopic (exact) mass is 303 g/mol. The van der Waals surface area contributed by atoms with E-state index in [1.54, 1.807) is 18.7 Å². The third kappa shape index (κ3) is 10.3. The second-order valence-electron chi connectivity index (χ2n) is 5.69. The molecule has 0 fully saturated rings. The van der Waals surface area contributed by atoms with Crippen molar-refractivity contribution in [2.24, 2.45) is 5.41 Å². The lowest BCUT2D eigenvalue weighted by Crippen LogP contribution is -2.39. The first kappa shape index (κ1) is 19.9. The molecule has 0 spiro atoms. The van der Waals surface area contributed by atoms with Crippen LogP contribution in [0.5, 0.6) is 0 Å². The van der Waals surface area contributed by atoms with Crippen molar-refractivity contribution in [1.29, 1.82) is 0 Å². The fraction of sp³-hybridized carbons (Fsp3) is 0.867. The first-order valence-corrected chi connectivity index (χ1v) is 7.47. The van der Waals surface area contributed by atoms with E-state index in [-0.39, 0.29) is 18.7 Å². The summed E-state index contributed by atoms with van der Waals surface area (Å²) < 4.78 is 10.6. The normalized spacial score (nSPS) is 11.4. The highest BCUT2D eigenvalue weighted by atomic mass is 16.5. The molecule has 1 N–H and O–H groups in total. The largest absolute Gasteiger partial charge is 0.481 e. The number of carboxylic acids is 1. The van der Waals surface area contributed by atoms with Crippen molar-refractivity contribution >= 4 is 11.9 Å². The van der Waals surface area contributed by atoms with E-state index in [0.29, 0.717) is 39.5 Å². The molecule has 0 aliphatic carbocycles. The topological polar surface area (TPSA) is 76.1 Å². The molecule has 6 heteroatoms. The molecular weight excluding hydrogens is 274 g/mol. The number of amides is 1. The highest BCUT2D eigenvalue weighted by Gasteiger charge is 2.27. The maximum absolute atomic E-state index is 12.4. The lowest BCUT2D eigenvalue weighted by molar-refractivity contribution is -0.141. The Morgan fingerprint density at radius 2 is 1.48 bits per heavy atom. The summed E-state index contributed by atoms with van der Waals surface area (Å²) in [6.07, 6.45) is 0.182. The van der Waals surface area contributed by atoms with Crippen molar-refractivity contribution in [3.05, 3.63) is 0 Å². The standard InChI is InChI=1S/C15H29NO5/c1-5-20-9-7-16(8-10-21-6-2)13(17)11-15(3,4)12-14(18)19/h5-12H2,1-4H3,(H,18,19). The second kappa shape index (κ2) is 10.6. The van der Waals surface area contributed by atoms with Gasteiger partial charge in [-0.25, -0.2) is 0 Å². The number of ether oxygens (including phenoxy) is 2. The first-order valence-electron chi connectivity index (χ1n) is 7.47. The molecule has 1 amide bonds. The van der Waals surface area contributed by atoms with Gasteiger partial charge in [-0.1, -0.05) is 13.8 Å². The number of nitrogens with zero attached hydrogens (tertiary/aromatic N) is 1. The van der Waals surface area contributed by atoms with Crippen LogP contribution in [0.1, 0.15) is 40.5 Å². The minimum atomic E-state index is -0.886. The lowest BCUT2D eigenvalue weighted by atomic mass is 9.85. The van der Waals surface area contributed by atoms with E-state index in [2.05, 4.69) is 0 Å². The zero-order valence-corrected chi connectivity index (χ0v) is 13.7. The molecule has 0 aliphatic heterocycles. The Labute approximate surface area is 127 Å². The smallest absolute Gasteiger partial charge is 0.303 e. The number of rotatable bonds is 12. The molecule has 0 aromatic heterocycles. The van der Waals surface area contributed by atoms with E-state index in [1.807, 2.05) is 13.8 Å². The molecule has 0 saturated carbocycles. The number of aliphatic carboxylic acids is 1. The molecule has 124 valence electrons. The summed E-state index contributed by atoms with van der Waals surface area (Å²) in [6, 6.07) is 0. The van der Waals surface area contributed by atoms with Gasteiger partial charge in [0.25, 0.3) is 0 Å². The zero-order valence-electron chi connectivity index (χ0n) is 13.7. The van der Waals surface area contributed by atoms with Crippen LogP contribution in [0.4, 0.5) is 0 Å². The summed E-state index contributed by atoms with van der Waals surface area (Å²) in [5, 5.41) is 8.88. The molecule has 0 radical (unpaired) electrons. The Bertz CT molecular complexity index is 307. The summed E-state index contributed by atoms with van der Waals surface area (Å²) in [5.41, 5.74) is -0.557. The highest BCUT2D eigenvalue weighted by molar-refractivity contribution is 5.78. The molecule has 0 unspecified atom stereocenters. The molecule has 0 bridgehead atoms. The lowest BCUT2D eigenvalue weighted by Gasteiger charge is -2.28. The van der Waals surface area contributed by atoms with Crippen LogP contribution in [0, 0.1) is 5.41 Å². The van der Waals surface area contributed by atoms with Gasteiger partial charge in [-0.05, 0) is 19.3 Å². The first-order chi connectivity index (χ1) is 9.82. The Morgan fingerprint density at radius 3 is 1.86 bits per heavy atom. The fourth-order valence-electron chi connectivity index (χ4n) is 1.99. The van der Waals surface area contributed by atoms with Crippen LogP contribution in [0.2, 0.25) is 0 Å². The van der Waals surface area contributed by atoms with Crippen molar-refractivity contribution in [1.82, 2.24) is 4.90 Å². The average Bonchev–Trinajstić information content (AvgIpc) is 2.34. The Balaban J connectivity index is 4.49. The van der Waals surface area contributed by atoms with E-state index in [9.17, 15) is 9.59 Å². The van der Waals surface area contributed by atoms with Crippen LogP contribution < -0.4 is 0 Å². The highest BCUT2D eigenvalue weighted by Crippen LogP contribution is 2.25. The van der Waals surface area contributed by atoms with E-state index in [0.717, 1.165) is 0 Å². The molecule has 0 rings (SSSR count). The van der Waals surface area contributed by atoms with E-state index in [1.165, 1.54) is 0 Å². The van der Waals surface area contributed by atoms with Gasteiger partial charge in [-0.15, -0.1) is 0 Å². The number of carbonyl (C=O) groups excluding carboxylic acids is 1. The predicted molar refractivity (Wildman–Crippen MR) is 80.2 cm³/mol. The Morgan fingerprint density at radius 1 is 1.00 bits per heavy atom. The van der Waals surface area contributed by atoms with Crippen molar-refractivity contribution in [3.63, 3.8) is 0 Å². The molecule has 21 heavy (non-hydrogen) atoms. The zero-order chi connectivity index (χ0) is 16.3. The predicted octanol–water partition coefficient (Wildman–Crippen LogP) is 1.78. The molecular formula is C15H29NO5. The fourth-order valence-corrected chi connectivity index (χ4v) is 1.99. The van der Waals surface area contributed by atoms with Gasteiger partial charge in [-0.2, -0.15) is 0 Å². The summed E-state index contributed by atoms with van der Waals surface area (Å²) in [6.45, 7) is 10.6. The molecule has 0 atom stereocenters. The van der Waals surface area contributed by atoms with Gasteiger partial charge in [-0.3, -0.25) is 9.59 Å². The molecule has 0 heterocycles. The van der Waals surface area contributed by atoms with Gasteiger partial charge >= 0.3 is 5.97 Å². The molecule has 0 saturated heterocycles. The Hall–Kier alpha value is -1.14. The summed E-state index contributed by atoms with van der Waals surface area (Å²) in [5.74, 6) is -0.941. The average molecular weight is 303 g/mol. The maximum atomic E-state index is 12.4. The van der Waals surface area contributed by atoms with Crippen molar-refractivity contribution in [2.45, 2.75) is 40.5 Å². The van der Waals surface area contributed by atoms with Gasteiger partial charge < -0.3 is 19.5 Å². The van der Waals surface area contributed by atoms with Gasteiger partial charge in [0.1, 0.15) is 0 Å². The van der Waals surface area contributed by atoms with Gasteiger partial charge in [0, 0.05) is 32.7 Å². The van der Waals surface area contributed by atoms with E-state index < -0.39 is 11.4 Å². The van der Waals surface area contributed by atoms with Crippen LogP contribution >= 0.6 is 0 Å². The quantitative estimate of drug-likeness (QED) is 0.556. The SMILES string of the molecule is CCOCCN(CCOCC)C(=O)CC(C)(C)CC(=O)O. The number of carboxylic acid groups (broad SMARTS) is 1. The van der Waals surface area contributed by atoms with Crippen molar-refractivity contribution in [3.8, 4) is 0 Å². The maximum Gasteiger partial charge on any atom is 0.303 e. The van der Waals surface area contributed by atoms with E-state index >= 15 is 0 Å². The summed E-state index contributed by atoms with van der Waals surface area (Å²) in [4.78, 5) is 24.9. The van der Waals surface area contributed by atoms with Crippen LogP contribution in [0.3, 0.4) is 0 Å². The minimum absolute atomic E-state index is 0.0243. The number of carbonyl (C=O) groups is 2. The summed E-state index contributed by atoms with van der Waals surface area (Å²) >= 11 is 0. The molecule has 6 nitrogen and oxygen atoms in total. The second-order valence-corrected chi connectivity index (χ2v) is 5.69.